The SMILES string of the molecule is CCNC(=NCC1(C)CCCS1)NCC(O)COCC1CC1. The number of thioether (sulfide) groups is 1. The molecule has 0 aromatic carbocycles. The number of guanidine groups is 1. The molecule has 5 nitrogen and oxygen atoms in total. The summed E-state index contributed by atoms with van der Waals surface area (Å²) in [7, 11) is 0. The lowest BCUT2D eigenvalue weighted by Crippen LogP contribution is -2.43. The minimum absolute atomic E-state index is 0.272. The molecule has 1 heterocycles. The van der Waals surface area contributed by atoms with Crippen LogP contribution in [0.5, 0.6) is 0 Å². The largest absolute Gasteiger partial charge is 0.389 e. The van der Waals surface area contributed by atoms with Gasteiger partial charge in [0.1, 0.15) is 0 Å². The molecule has 0 spiro atoms. The van der Waals surface area contributed by atoms with E-state index in [9.17, 15) is 5.11 Å². The zero-order valence-electron chi connectivity index (χ0n) is 13.9. The zero-order valence-corrected chi connectivity index (χ0v) is 14.8. The van der Waals surface area contributed by atoms with Crippen LogP contribution < -0.4 is 10.6 Å². The average Bonchev–Trinajstić information content (AvgIpc) is 3.22. The normalized spacial score (nSPS) is 27.0. The van der Waals surface area contributed by atoms with Crippen LogP contribution in [-0.2, 0) is 4.74 Å². The van der Waals surface area contributed by atoms with E-state index < -0.39 is 6.10 Å². The van der Waals surface area contributed by atoms with Gasteiger partial charge < -0.3 is 20.5 Å². The molecule has 0 aromatic rings. The van der Waals surface area contributed by atoms with Crippen molar-refractivity contribution in [2.24, 2.45) is 10.9 Å². The molecule has 0 aromatic heterocycles. The first-order valence-electron chi connectivity index (χ1n) is 8.53. The van der Waals surface area contributed by atoms with Gasteiger partial charge in [0.05, 0.1) is 19.3 Å². The van der Waals surface area contributed by atoms with Crippen molar-refractivity contribution in [3.05, 3.63) is 0 Å². The molecule has 2 fully saturated rings. The van der Waals surface area contributed by atoms with Gasteiger partial charge in [-0.2, -0.15) is 11.8 Å². The summed E-state index contributed by atoms with van der Waals surface area (Å²) in [6, 6.07) is 0. The van der Waals surface area contributed by atoms with Crippen LogP contribution >= 0.6 is 11.8 Å². The summed E-state index contributed by atoms with van der Waals surface area (Å²) >= 11 is 2.02. The zero-order chi connectivity index (χ0) is 15.8. The number of hydrogen-bond donors (Lipinski definition) is 3. The summed E-state index contributed by atoms with van der Waals surface area (Å²) in [5, 5.41) is 16.4. The number of aliphatic imine (C=N–C) groups is 1. The molecular formula is C16H31N3O2S. The van der Waals surface area contributed by atoms with E-state index in [1.165, 1.54) is 31.4 Å². The summed E-state index contributed by atoms with van der Waals surface area (Å²) in [5.41, 5.74) is 0. The van der Waals surface area contributed by atoms with Crippen molar-refractivity contribution in [1.29, 1.82) is 0 Å². The first-order valence-corrected chi connectivity index (χ1v) is 9.52. The van der Waals surface area contributed by atoms with E-state index in [1.54, 1.807) is 0 Å². The molecule has 2 unspecified atom stereocenters. The molecule has 1 aliphatic carbocycles. The van der Waals surface area contributed by atoms with Gasteiger partial charge in [-0.05, 0) is 51.2 Å². The second kappa shape index (κ2) is 8.99. The number of ether oxygens (including phenoxy) is 1. The molecular weight excluding hydrogens is 298 g/mol. The quantitative estimate of drug-likeness (QED) is 0.443. The van der Waals surface area contributed by atoms with E-state index in [4.69, 9.17) is 4.74 Å². The molecule has 1 saturated carbocycles. The predicted molar refractivity (Wildman–Crippen MR) is 93.6 cm³/mol. The molecule has 22 heavy (non-hydrogen) atoms. The Hall–Kier alpha value is -0.460. The van der Waals surface area contributed by atoms with Crippen LogP contribution in [0.25, 0.3) is 0 Å². The Bertz CT molecular complexity index is 355. The molecule has 1 aliphatic heterocycles. The Kier molecular flexibility index (Phi) is 7.31. The molecule has 0 bridgehead atoms. The third-order valence-corrected chi connectivity index (χ3v) is 5.61. The van der Waals surface area contributed by atoms with Gasteiger partial charge in [-0.1, -0.05) is 0 Å². The maximum Gasteiger partial charge on any atom is 0.191 e. The molecule has 2 atom stereocenters. The lowest BCUT2D eigenvalue weighted by atomic mass is 10.1. The summed E-state index contributed by atoms with van der Waals surface area (Å²) in [4.78, 5) is 4.68. The number of nitrogens with zero attached hydrogens (tertiary/aromatic N) is 1. The molecule has 0 amide bonds. The Balaban J connectivity index is 1.67. The monoisotopic (exact) mass is 329 g/mol. The van der Waals surface area contributed by atoms with Gasteiger partial charge in [0.25, 0.3) is 0 Å². The second-order valence-corrected chi connectivity index (χ2v) is 8.30. The highest BCUT2D eigenvalue weighted by molar-refractivity contribution is 8.00. The number of aliphatic hydroxyl groups is 1. The maximum absolute atomic E-state index is 9.96. The summed E-state index contributed by atoms with van der Waals surface area (Å²) < 4.78 is 5.79. The molecule has 2 rings (SSSR count). The molecule has 2 aliphatic rings. The first-order chi connectivity index (χ1) is 10.6. The molecule has 128 valence electrons. The van der Waals surface area contributed by atoms with Crippen LogP contribution in [0.15, 0.2) is 4.99 Å². The van der Waals surface area contributed by atoms with Crippen LogP contribution in [0.4, 0.5) is 0 Å². The predicted octanol–water partition coefficient (Wildman–Crippen LogP) is 1.61. The number of nitrogens with one attached hydrogen (secondary N) is 2. The molecule has 0 radical (unpaired) electrons. The lowest BCUT2D eigenvalue weighted by molar-refractivity contribution is 0.0345. The standard InChI is InChI=1S/C16H31N3O2S/c1-3-17-15(19-12-16(2)7-4-8-22-16)18-9-14(20)11-21-10-13-5-6-13/h13-14,20H,3-12H2,1-2H3,(H2,17,18,19). The number of aliphatic hydroxyl groups excluding tert-OH is 1. The van der Waals surface area contributed by atoms with Gasteiger partial charge in [-0.25, -0.2) is 0 Å². The number of rotatable bonds is 9. The van der Waals surface area contributed by atoms with Gasteiger partial charge in [0, 0.05) is 24.4 Å². The summed E-state index contributed by atoms with van der Waals surface area (Å²) in [6.45, 7) is 7.65. The Morgan fingerprint density at radius 2 is 2.27 bits per heavy atom. The van der Waals surface area contributed by atoms with E-state index in [0.717, 1.165) is 31.6 Å². The second-order valence-electron chi connectivity index (χ2n) is 6.61. The minimum atomic E-state index is -0.487. The first kappa shape index (κ1) is 17.9. The average molecular weight is 330 g/mol. The van der Waals surface area contributed by atoms with Crippen LogP contribution in [0.3, 0.4) is 0 Å². The molecule has 1 saturated heterocycles. The van der Waals surface area contributed by atoms with Crippen molar-refractivity contribution < 1.29 is 9.84 Å². The highest BCUT2D eigenvalue weighted by atomic mass is 32.2. The summed E-state index contributed by atoms with van der Waals surface area (Å²) in [5.74, 6) is 2.77. The molecule has 3 N–H and O–H groups in total. The third-order valence-electron chi connectivity index (χ3n) is 4.08. The van der Waals surface area contributed by atoms with E-state index in [-0.39, 0.29) is 4.75 Å². The van der Waals surface area contributed by atoms with Gasteiger partial charge in [-0.3, -0.25) is 4.99 Å². The van der Waals surface area contributed by atoms with Gasteiger partial charge in [-0.15, -0.1) is 0 Å². The van der Waals surface area contributed by atoms with Crippen LogP contribution in [-0.4, -0.2) is 60.5 Å². The van der Waals surface area contributed by atoms with E-state index in [0.29, 0.717) is 13.2 Å². The Morgan fingerprint density at radius 1 is 1.45 bits per heavy atom. The van der Waals surface area contributed by atoms with Crippen molar-refractivity contribution in [2.75, 3.05) is 38.6 Å². The smallest absolute Gasteiger partial charge is 0.191 e. The highest BCUT2D eigenvalue weighted by Gasteiger charge is 2.29. The van der Waals surface area contributed by atoms with Crippen LogP contribution in [0, 0.1) is 5.92 Å². The lowest BCUT2D eigenvalue weighted by Gasteiger charge is -2.21. The maximum atomic E-state index is 9.96. The number of hydrogen-bond acceptors (Lipinski definition) is 4. The fraction of sp³-hybridized carbons (Fsp3) is 0.938. The van der Waals surface area contributed by atoms with E-state index >= 15 is 0 Å². The van der Waals surface area contributed by atoms with E-state index in [1.807, 2.05) is 11.8 Å². The van der Waals surface area contributed by atoms with Crippen molar-refractivity contribution >= 4 is 17.7 Å². The van der Waals surface area contributed by atoms with Gasteiger partial charge >= 0.3 is 0 Å². The van der Waals surface area contributed by atoms with Crippen LogP contribution in [0.1, 0.15) is 39.5 Å². The highest BCUT2D eigenvalue weighted by Crippen LogP contribution is 2.37. The van der Waals surface area contributed by atoms with Crippen molar-refractivity contribution in [1.82, 2.24) is 10.6 Å². The Labute approximate surface area is 138 Å². The van der Waals surface area contributed by atoms with Crippen molar-refractivity contribution in [3.63, 3.8) is 0 Å². The summed E-state index contributed by atoms with van der Waals surface area (Å²) in [6.07, 6.45) is 4.60. The Morgan fingerprint density at radius 3 is 2.91 bits per heavy atom. The fourth-order valence-electron chi connectivity index (χ4n) is 2.48. The van der Waals surface area contributed by atoms with Crippen molar-refractivity contribution in [3.8, 4) is 0 Å². The van der Waals surface area contributed by atoms with Crippen LogP contribution in [0.2, 0.25) is 0 Å². The van der Waals surface area contributed by atoms with Gasteiger partial charge in [0.2, 0.25) is 0 Å². The van der Waals surface area contributed by atoms with Crippen molar-refractivity contribution in [2.45, 2.75) is 50.4 Å². The van der Waals surface area contributed by atoms with E-state index in [2.05, 4.69) is 29.5 Å². The van der Waals surface area contributed by atoms with Gasteiger partial charge in [0.15, 0.2) is 5.96 Å². The molecule has 6 heteroatoms. The fourth-order valence-corrected chi connectivity index (χ4v) is 3.70. The third kappa shape index (κ3) is 6.75. The topological polar surface area (TPSA) is 65.9 Å². The minimum Gasteiger partial charge on any atom is -0.389 e.